The Bertz CT molecular complexity index is 445. The van der Waals surface area contributed by atoms with Gasteiger partial charge in [0.25, 0.3) is 0 Å². The van der Waals surface area contributed by atoms with Crippen LogP contribution in [0, 0.1) is 0 Å². The summed E-state index contributed by atoms with van der Waals surface area (Å²) in [6.07, 6.45) is 5.65. The van der Waals surface area contributed by atoms with Crippen LogP contribution in [0.1, 0.15) is 19.9 Å². The van der Waals surface area contributed by atoms with Gasteiger partial charge in [-0.1, -0.05) is 0 Å². The molecule has 0 spiro atoms. The van der Waals surface area contributed by atoms with Crippen LogP contribution in [0.3, 0.4) is 0 Å². The zero-order chi connectivity index (χ0) is 10.8. The summed E-state index contributed by atoms with van der Waals surface area (Å²) in [5.41, 5.74) is 2.00. The van der Waals surface area contributed by atoms with E-state index in [4.69, 9.17) is 0 Å². The van der Waals surface area contributed by atoms with Crippen LogP contribution in [0.5, 0.6) is 0 Å². The highest BCUT2D eigenvalue weighted by atomic mass is 79.9. The topological polar surface area (TPSA) is 30.7 Å². The fraction of sp³-hybridized carbons (Fsp3) is 0.273. The number of rotatable bonds is 2. The van der Waals surface area contributed by atoms with E-state index in [2.05, 4.69) is 39.9 Å². The van der Waals surface area contributed by atoms with Gasteiger partial charge in [0.15, 0.2) is 0 Å². The lowest BCUT2D eigenvalue weighted by molar-refractivity contribution is 0.532. The Kier molecular flexibility index (Phi) is 2.86. The molecule has 0 aliphatic heterocycles. The van der Waals surface area contributed by atoms with E-state index in [1.807, 2.05) is 29.2 Å². The molecule has 0 radical (unpaired) electrons. The molecule has 2 rings (SSSR count). The molecular weight excluding hydrogens is 254 g/mol. The molecule has 2 aromatic rings. The van der Waals surface area contributed by atoms with Crippen molar-refractivity contribution in [1.82, 2.24) is 14.8 Å². The molecule has 0 saturated heterocycles. The average molecular weight is 266 g/mol. The van der Waals surface area contributed by atoms with E-state index in [9.17, 15) is 0 Å². The molecule has 4 heteroatoms. The van der Waals surface area contributed by atoms with Crippen molar-refractivity contribution in [3.05, 3.63) is 35.2 Å². The average Bonchev–Trinajstić information content (AvgIpc) is 2.68. The molecule has 0 bridgehead atoms. The van der Waals surface area contributed by atoms with Gasteiger partial charge in [-0.3, -0.25) is 9.67 Å². The van der Waals surface area contributed by atoms with Gasteiger partial charge < -0.3 is 0 Å². The highest BCUT2D eigenvalue weighted by molar-refractivity contribution is 9.10. The fourth-order valence-electron chi connectivity index (χ4n) is 1.30. The summed E-state index contributed by atoms with van der Waals surface area (Å²) in [5.74, 6) is 0. The third-order valence-electron chi connectivity index (χ3n) is 2.15. The maximum atomic E-state index is 4.32. The zero-order valence-corrected chi connectivity index (χ0v) is 10.3. The van der Waals surface area contributed by atoms with Crippen molar-refractivity contribution in [3.63, 3.8) is 0 Å². The molecule has 0 aromatic carbocycles. The molecule has 2 aromatic heterocycles. The first kappa shape index (κ1) is 10.4. The summed E-state index contributed by atoms with van der Waals surface area (Å²) in [5, 5.41) is 4.28. The Balaban J connectivity index is 2.33. The minimum Gasteiger partial charge on any atom is -0.270 e. The van der Waals surface area contributed by atoms with Gasteiger partial charge in [0, 0.05) is 28.5 Å². The SMILES string of the molecule is CC(C)n1cc(-c2ccc(Br)cn2)cn1. The van der Waals surface area contributed by atoms with Crippen molar-refractivity contribution in [3.8, 4) is 11.3 Å². The van der Waals surface area contributed by atoms with Gasteiger partial charge >= 0.3 is 0 Å². The van der Waals surface area contributed by atoms with E-state index in [0.717, 1.165) is 15.7 Å². The second kappa shape index (κ2) is 4.14. The lowest BCUT2D eigenvalue weighted by Gasteiger charge is -2.02. The summed E-state index contributed by atoms with van der Waals surface area (Å²) < 4.78 is 2.92. The van der Waals surface area contributed by atoms with E-state index in [1.165, 1.54) is 0 Å². The Hall–Kier alpha value is -1.16. The third kappa shape index (κ3) is 2.26. The molecule has 2 heterocycles. The van der Waals surface area contributed by atoms with E-state index >= 15 is 0 Å². The zero-order valence-electron chi connectivity index (χ0n) is 8.68. The van der Waals surface area contributed by atoms with Crippen LogP contribution in [-0.2, 0) is 0 Å². The smallest absolute Gasteiger partial charge is 0.0734 e. The van der Waals surface area contributed by atoms with E-state index in [0.29, 0.717) is 6.04 Å². The van der Waals surface area contributed by atoms with Gasteiger partial charge in [-0.05, 0) is 41.9 Å². The molecule has 15 heavy (non-hydrogen) atoms. The molecule has 0 N–H and O–H groups in total. The fourth-order valence-corrected chi connectivity index (χ4v) is 1.53. The first-order valence-corrected chi connectivity index (χ1v) is 5.62. The predicted molar refractivity (Wildman–Crippen MR) is 63.5 cm³/mol. The van der Waals surface area contributed by atoms with Gasteiger partial charge in [-0.2, -0.15) is 5.10 Å². The molecule has 78 valence electrons. The maximum absolute atomic E-state index is 4.32. The predicted octanol–water partition coefficient (Wildman–Crippen LogP) is 3.29. The standard InChI is InChI=1S/C11H12BrN3/c1-8(2)15-7-9(5-14-15)11-4-3-10(12)6-13-11/h3-8H,1-2H3. The number of nitrogens with zero attached hydrogens (tertiary/aromatic N) is 3. The van der Waals surface area contributed by atoms with Gasteiger partial charge in [0.2, 0.25) is 0 Å². The monoisotopic (exact) mass is 265 g/mol. The normalized spacial score (nSPS) is 10.9. The number of aromatic nitrogens is 3. The van der Waals surface area contributed by atoms with Crippen LogP contribution in [0.15, 0.2) is 35.2 Å². The highest BCUT2D eigenvalue weighted by Crippen LogP contribution is 2.19. The summed E-state index contributed by atoms with van der Waals surface area (Å²) in [6, 6.07) is 4.34. The van der Waals surface area contributed by atoms with Crippen LogP contribution >= 0.6 is 15.9 Å². The van der Waals surface area contributed by atoms with E-state index in [-0.39, 0.29) is 0 Å². The quantitative estimate of drug-likeness (QED) is 0.835. The number of hydrogen-bond acceptors (Lipinski definition) is 2. The molecular formula is C11H12BrN3. The minimum absolute atomic E-state index is 0.384. The minimum atomic E-state index is 0.384. The molecule has 0 unspecified atom stereocenters. The van der Waals surface area contributed by atoms with Gasteiger partial charge in [0.05, 0.1) is 11.9 Å². The largest absolute Gasteiger partial charge is 0.270 e. The second-order valence-corrected chi connectivity index (χ2v) is 4.58. The van der Waals surface area contributed by atoms with Crippen molar-refractivity contribution in [1.29, 1.82) is 0 Å². The molecule has 0 atom stereocenters. The molecule has 0 fully saturated rings. The van der Waals surface area contributed by atoms with Crippen molar-refractivity contribution >= 4 is 15.9 Å². The lowest BCUT2D eigenvalue weighted by atomic mass is 10.2. The molecule has 0 aliphatic rings. The Morgan fingerprint density at radius 1 is 1.27 bits per heavy atom. The second-order valence-electron chi connectivity index (χ2n) is 3.66. The summed E-state index contributed by atoms with van der Waals surface area (Å²) in [4.78, 5) is 4.32. The van der Waals surface area contributed by atoms with Crippen molar-refractivity contribution in [2.45, 2.75) is 19.9 Å². The number of hydrogen-bond donors (Lipinski definition) is 0. The number of halogens is 1. The Morgan fingerprint density at radius 3 is 2.60 bits per heavy atom. The van der Waals surface area contributed by atoms with Gasteiger partial charge in [0.1, 0.15) is 0 Å². The van der Waals surface area contributed by atoms with Crippen LogP contribution in [-0.4, -0.2) is 14.8 Å². The van der Waals surface area contributed by atoms with Gasteiger partial charge in [-0.25, -0.2) is 0 Å². The van der Waals surface area contributed by atoms with Crippen LogP contribution < -0.4 is 0 Å². The summed E-state index contributed by atoms with van der Waals surface area (Å²) in [6.45, 7) is 4.21. The molecule has 0 amide bonds. The third-order valence-corrected chi connectivity index (χ3v) is 2.62. The Labute approximate surface area is 97.3 Å². The van der Waals surface area contributed by atoms with Crippen LogP contribution in [0.25, 0.3) is 11.3 Å². The summed E-state index contributed by atoms with van der Waals surface area (Å²) in [7, 11) is 0. The van der Waals surface area contributed by atoms with Crippen LogP contribution in [0.4, 0.5) is 0 Å². The summed E-state index contributed by atoms with van der Waals surface area (Å²) >= 11 is 3.36. The molecule has 0 aliphatic carbocycles. The first-order valence-electron chi connectivity index (χ1n) is 4.83. The van der Waals surface area contributed by atoms with E-state index in [1.54, 1.807) is 6.20 Å². The van der Waals surface area contributed by atoms with Crippen LogP contribution in [0.2, 0.25) is 0 Å². The van der Waals surface area contributed by atoms with Crippen molar-refractivity contribution in [2.75, 3.05) is 0 Å². The highest BCUT2D eigenvalue weighted by Gasteiger charge is 2.04. The van der Waals surface area contributed by atoms with Crippen molar-refractivity contribution in [2.24, 2.45) is 0 Å². The maximum Gasteiger partial charge on any atom is 0.0734 e. The lowest BCUT2D eigenvalue weighted by Crippen LogP contribution is -1.99. The molecule has 0 saturated carbocycles. The van der Waals surface area contributed by atoms with Gasteiger partial charge in [-0.15, -0.1) is 0 Å². The number of pyridine rings is 1. The first-order chi connectivity index (χ1) is 7.16. The van der Waals surface area contributed by atoms with Crippen molar-refractivity contribution < 1.29 is 0 Å². The van der Waals surface area contributed by atoms with E-state index < -0.39 is 0 Å². The molecule has 3 nitrogen and oxygen atoms in total. The Morgan fingerprint density at radius 2 is 2.07 bits per heavy atom.